The first kappa shape index (κ1) is 9.84. The second kappa shape index (κ2) is 4.12. The molecule has 0 bridgehead atoms. The van der Waals surface area contributed by atoms with Gasteiger partial charge >= 0.3 is 6.30 Å². The SMILES string of the molecule is FC(F)(F)NCC1CCCCC1. The third-order valence-electron chi connectivity index (χ3n) is 2.32. The molecule has 1 saturated carbocycles. The summed E-state index contributed by atoms with van der Waals surface area (Å²) in [6, 6.07) is 0. The van der Waals surface area contributed by atoms with Crippen molar-refractivity contribution in [3.05, 3.63) is 0 Å². The highest BCUT2D eigenvalue weighted by molar-refractivity contribution is 4.68. The summed E-state index contributed by atoms with van der Waals surface area (Å²) in [4.78, 5) is 0. The van der Waals surface area contributed by atoms with Gasteiger partial charge in [0.1, 0.15) is 0 Å². The topological polar surface area (TPSA) is 12.0 Å². The Hall–Kier alpha value is -0.250. The van der Waals surface area contributed by atoms with E-state index in [9.17, 15) is 13.2 Å². The zero-order valence-corrected chi connectivity index (χ0v) is 6.95. The van der Waals surface area contributed by atoms with Crippen molar-refractivity contribution in [1.29, 1.82) is 0 Å². The van der Waals surface area contributed by atoms with Gasteiger partial charge in [0.15, 0.2) is 0 Å². The molecule has 1 N–H and O–H groups in total. The Bertz CT molecular complexity index is 127. The molecule has 0 aromatic carbocycles. The average molecular weight is 181 g/mol. The van der Waals surface area contributed by atoms with Gasteiger partial charge in [-0.2, -0.15) is 13.2 Å². The van der Waals surface area contributed by atoms with E-state index in [0.29, 0.717) is 0 Å². The molecule has 1 nitrogen and oxygen atoms in total. The number of nitrogens with one attached hydrogen (secondary N) is 1. The summed E-state index contributed by atoms with van der Waals surface area (Å²) < 4.78 is 35.1. The van der Waals surface area contributed by atoms with Crippen LogP contribution in [0.5, 0.6) is 0 Å². The molecule has 0 amide bonds. The van der Waals surface area contributed by atoms with Crippen molar-refractivity contribution < 1.29 is 13.2 Å². The van der Waals surface area contributed by atoms with E-state index in [1.54, 1.807) is 5.32 Å². The Labute approximate surface area is 70.3 Å². The number of alkyl halides is 3. The van der Waals surface area contributed by atoms with Gasteiger partial charge in [-0.1, -0.05) is 19.3 Å². The van der Waals surface area contributed by atoms with Gasteiger partial charge in [0, 0.05) is 6.54 Å². The minimum Gasteiger partial charge on any atom is -0.228 e. The van der Waals surface area contributed by atoms with E-state index in [1.165, 1.54) is 6.42 Å². The van der Waals surface area contributed by atoms with Gasteiger partial charge < -0.3 is 0 Å². The lowest BCUT2D eigenvalue weighted by molar-refractivity contribution is -0.159. The van der Waals surface area contributed by atoms with Crippen LogP contribution in [0.25, 0.3) is 0 Å². The zero-order chi connectivity index (χ0) is 9.03. The number of halogens is 3. The van der Waals surface area contributed by atoms with Crippen LogP contribution in [-0.2, 0) is 0 Å². The van der Waals surface area contributed by atoms with Crippen molar-refractivity contribution in [2.24, 2.45) is 5.92 Å². The van der Waals surface area contributed by atoms with Crippen LogP contribution in [0.3, 0.4) is 0 Å². The molecule has 0 saturated heterocycles. The first-order valence-corrected chi connectivity index (χ1v) is 4.40. The van der Waals surface area contributed by atoms with Gasteiger partial charge in [0.05, 0.1) is 0 Å². The van der Waals surface area contributed by atoms with Crippen LogP contribution in [0.15, 0.2) is 0 Å². The summed E-state index contributed by atoms with van der Waals surface area (Å²) in [6.07, 6.45) is 1.06. The van der Waals surface area contributed by atoms with Crippen molar-refractivity contribution in [2.45, 2.75) is 38.4 Å². The van der Waals surface area contributed by atoms with Gasteiger partial charge in [-0.15, -0.1) is 0 Å². The summed E-state index contributed by atoms with van der Waals surface area (Å²) in [5.74, 6) is 0.236. The van der Waals surface area contributed by atoms with E-state index in [1.807, 2.05) is 0 Å². The van der Waals surface area contributed by atoms with Crippen molar-refractivity contribution in [2.75, 3.05) is 6.54 Å². The Morgan fingerprint density at radius 3 is 2.17 bits per heavy atom. The summed E-state index contributed by atoms with van der Waals surface area (Å²) in [5, 5.41) is 1.59. The molecule has 4 heteroatoms. The summed E-state index contributed by atoms with van der Waals surface area (Å²) in [6.45, 7) is 0.101. The zero-order valence-electron chi connectivity index (χ0n) is 6.95. The fourth-order valence-corrected chi connectivity index (χ4v) is 1.65. The predicted molar refractivity (Wildman–Crippen MR) is 40.6 cm³/mol. The molecule has 0 aliphatic heterocycles. The molecule has 0 unspecified atom stereocenters. The van der Waals surface area contributed by atoms with Crippen LogP contribution in [0.1, 0.15) is 32.1 Å². The molecule has 1 rings (SSSR count). The van der Waals surface area contributed by atoms with E-state index in [4.69, 9.17) is 0 Å². The molecular formula is C8H14F3N. The molecule has 1 aliphatic rings. The van der Waals surface area contributed by atoms with Crippen LogP contribution in [0.2, 0.25) is 0 Å². The summed E-state index contributed by atoms with van der Waals surface area (Å²) in [7, 11) is 0. The normalized spacial score (nSPS) is 21.2. The smallest absolute Gasteiger partial charge is 0.228 e. The molecule has 0 spiro atoms. The van der Waals surface area contributed by atoms with Crippen molar-refractivity contribution in [3.63, 3.8) is 0 Å². The molecule has 12 heavy (non-hydrogen) atoms. The molecule has 72 valence electrons. The van der Waals surface area contributed by atoms with Crippen molar-refractivity contribution in [3.8, 4) is 0 Å². The number of rotatable bonds is 2. The van der Waals surface area contributed by atoms with Gasteiger partial charge in [-0.3, -0.25) is 0 Å². The van der Waals surface area contributed by atoms with Gasteiger partial charge in [0.2, 0.25) is 0 Å². The highest BCUT2D eigenvalue weighted by atomic mass is 19.4. The van der Waals surface area contributed by atoms with Crippen LogP contribution in [-0.4, -0.2) is 12.8 Å². The molecule has 0 heterocycles. The van der Waals surface area contributed by atoms with E-state index in [0.717, 1.165) is 25.7 Å². The lowest BCUT2D eigenvalue weighted by Crippen LogP contribution is -2.36. The summed E-state index contributed by atoms with van der Waals surface area (Å²) >= 11 is 0. The van der Waals surface area contributed by atoms with E-state index in [2.05, 4.69) is 0 Å². The maximum Gasteiger partial charge on any atom is 0.457 e. The Kier molecular flexibility index (Phi) is 3.38. The molecule has 1 fully saturated rings. The molecule has 0 aromatic heterocycles. The fraction of sp³-hybridized carbons (Fsp3) is 1.00. The van der Waals surface area contributed by atoms with Crippen LogP contribution in [0, 0.1) is 5.92 Å². The second-order valence-electron chi connectivity index (χ2n) is 3.38. The Morgan fingerprint density at radius 2 is 1.67 bits per heavy atom. The maximum absolute atomic E-state index is 11.7. The molecule has 0 aromatic rings. The Balaban J connectivity index is 2.13. The highest BCUT2D eigenvalue weighted by Gasteiger charge is 2.27. The van der Waals surface area contributed by atoms with Crippen LogP contribution in [0.4, 0.5) is 13.2 Å². The van der Waals surface area contributed by atoms with Crippen LogP contribution >= 0.6 is 0 Å². The van der Waals surface area contributed by atoms with Crippen molar-refractivity contribution >= 4 is 0 Å². The molecule has 0 atom stereocenters. The first-order valence-electron chi connectivity index (χ1n) is 4.40. The lowest BCUT2D eigenvalue weighted by atomic mass is 9.89. The molecular weight excluding hydrogens is 167 g/mol. The van der Waals surface area contributed by atoms with E-state index >= 15 is 0 Å². The quantitative estimate of drug-likeness (QED) is 0.646. The Morgan fingerprint density at radius 1 is 1.08 bits per heavy atom. The second-order valence-corrected chi connectivity index (χ2v) is 3.38. The maximum atomic E-state index is 11.7. The largest absolute Gasteiger partial charge is 0.457 e. The van der Waals surface area contributed by atoms with Gasteiger partial charge in [-0.05, 0) is 18.8 Å². The van der Waals surface area contributed by atoms with E-state index in [-0.39, 0.29) is 12.5 Å². The lowest BCUT2D eigenvalue weighted by Gasteiger charge is -2.22. The highest BCUT2D eigenvalue weighted by Crippen LogP contribution is 2.23. The average Bonchev–Trinajstić information content (AvgIpc) is 2.02. The van der Waals surface area contributed by atoms with E-state index < -0.39 is 6.30 Å². The third-order valence-corrected chi connectivity index (χ3v) is 2.32. The van der Waals surface area contributed by atoms with Crippen LogP contribution < -0.4 is 5.32 Å². The van der Waals surface area contributed by atoms with Gasteiger partial charge in [0.25, 0.3) is 0 Å². The predicted octanol–water partition coefficient (Wildman–Crippen LogP) is 2.68. The standard InChI is InChI=1S/C8H14F3N/c9-8(10,11)12-6-7-4-2-1-3-5-7/h7,12H,1-6H2. The summed E-state index contributed by atoms with van der Waals surface area (Å²) in [5.41, 5.74) is 0. The van der Waals surface area contributed by atoms with Gasteiger partial charge in [-0.25, -0.2) is 5.32 Å². The minimum absolute atomic E-state index is 0.101. The minimum atomic E-state index is -4.20. The molecule has 1 aliphatic carbocycles. The fourth-order valence-electron chi connectivity index (χ4n) is 1.65. The first-order chi connectivity index (χ1) is 5.58. The number of hydrogen-bond donors (Lipinski definition) is 1. The number of hydrogen-bond acceptors (Lipinski definition) is 1. The third kappa shape index (κ3) is 3.95. The molecule has 0 radical (unpaired) electrons. The van der Waals surface area contributed by atoms with Crippen molar-refractivity contribution in [1.82, 2.24) is 5.32 Å². The monoisotopic (exact) mass is 181 g/mol.